The van der Waals surface area contributed by atoms with E-state index in [0.717, 1.165) is 17.7 Å². The number of carbonyl (C=O) groups is 1. The van der Waals surface area contributed by atoms with Crippen molar-refractivity contribution in [3.05, 3.63) is 64.3 Å². The molecule has 0 spiro atoms. The van der Waals surface area contributed by atoms with E-state index in [4.69, 9.17) is 9.47 Å². The Bertz CT molecular complexity index is 1210. The molecule has 4 rings (SSSR count). The molecule has 0 saturated carbocycles. The quantitative estimate of drug-likeness (QED) is 0.322. The Morgan fingerprint density at radius 2 is 2.12 bits per heavy atom. The van der Waals surface area contributed by atoms with Crippen LogP contribution in [0.3, 0.4) is 0 Å². The number of esters is 1. The third-order valence-corrected chi connectivity index (χ3v) is 6.71. The van der Waals surface area contributed by atoms with Crippen LogP contribution in [0.1, 0.15) is 37.1 Å². The van der Waals surface area contributed by atoms with Gasteiger partial charge in [0.25, 0.3) is 11.3 Å². The summed E-state index contributed by atoms with van der Waals surface area (Å²) < 4.78 is 49.8. The summed E-state index contributed by atoms with van der Waals surface area (Å²) in [6.07, 6.45) is 5.14. The number of fused-ring (bicyclic) bond motifs is 1. The minimum absolute atomic E-state index is 0.0133. The Hall–Kier alpha value is -2.83. The molecule has 12 heteroatoms. The smallest absolute Gasteiger partial charge is 0.327 e. The van der Waals surface area contributed by atoms with Crippen LogP contribution in [0, 0.1) is 5.82 Å². The number of benzene rings is 1. The van der Waals surface area contributed by atoms with Gasteiger partial charge in [-0.15, -0.1) is 0 Å². The fourth-order valence-corrected chi connectivity index (χ4v) is 5.04. The van der Waals surface area contributed by atoms with Gasteiger partial charge in [-0.1, -0.05) is 0 Å². The van der Waals surface area contributed by atoms with E-state index >= 15 is 0 Å². The van der Waals surface area contributed by atoms with Gasteiger partial charge in [-0.25, -0.2) is 13.6 Å². The van der Waals surface area contributed by atoms with E-state index in [9.17, 15) is 17.9 Å². The highest BCUT2D eigenvalue weighted by atomic mass is 79.9. The number of pyridine rings is 1. The molecule has 9 nitrogen and oxygen atoms in total. The normalized spacial score (nSPS) is 15.9. The molecule has 180 valence electrons. The Labute approximate surface area is 206 Å². The molecule has 0 aliphatic heterocycles. The van der Waals surface area contributed by atoms with E-state index in [1.165, 1.54) is 34.8 Å². The molecule has 3 aromatic rings. The van der Waals surface area contributed by atoms with Crippen LogP contribution in [0.2, 0.25) is 0 Å². The van der Waals surface area contributed by atoms with Gasteiger partial charge < -0.3 is 9.47 Å². The number of nitrogens with zero attached hydrogens (tertiary/aromatic N) is 4. The average Bonchev–Trinajstić information content (AvgIpc) is 3.20. The van der Waals surface area contributed by atoms with Crippen molar-refractivity contribution in [3.63, 3.8) is 0 Å². The number of hydrogen-bond donors (Lipinski definition) is 1. The van der Waals surface area contributed by atoms with E-state index in [1.54, 1.807) is 23.9 Å². The third kappa shape index (κ3) is 5.29. The van der Waals surface area contributed by atoms with Crippen molar-refractivity contribution in [1.82, 2.24) is 14.8 Å². The number of hydrogen-bond acceptors (Lipinski definition) is 6. The van der Waals surface area contributed by atoms with Crippen LogP contribution in [0.25, 0.3) is 0 Å². The Kier molecular flexibility index (Phi) is 7.59. The molecular weight excluding hydrogens is 531 g/mol. The zero-order valence-corrected chi connectivity index (χ0v) is 20.6. The predicted molar refractivity (Wildman–Crippen MR) is 126 cm³/mol. The zero-order valence-electron chi connectivity index (χ0n) is 18.2. The van der Waals surface area contributed by atoms with Crippen LogP contribution in [0.15, 0.2) is 47.2 Å². The Balaban J connectivity index is 1.60. The molecule has 1 aliphatic rings. The summed E-state index contributed by atoms with van der Waals surface area (Å²) in [6.45, 7) is 2.01. The number of halogens is 2. The molecule has 2 unspecified atom stereocenters. The summed E-state index contributed by atoms with van der Waals surface area (Å²) in [5.74, 6) is -0.141. The van der Waals surface area contributed by atoms with Gasteiger partial charge in [-0.3, -0.25) is 18.3 Å². The molecule has 1 aliphatic carbocycles. The lowest BCUT2D eigenvalue weighted by molar-refractivity contribution is -0.144. The minimum Gasteiger partial charge on any atom is -0.465 e. The van der Waals surface area contributed by atoms with E-state index in [2.05, 4.69) is 26.0 Å². The third-order valence-electron chi connectivity index (χ3n) is 5.34. The zero-order chi connectivity index (χ0) is 24.2. The highest BCUT2D eigenvalue weighted by Crippen LogP contribution is 2.39. The first-order valence-electron chi connectivity index (χ1n) is 10.6. The average molecular weight is 553 g/mol. The van der Waals surface area contributed by atoms with Crippen molar-refractivity contribution in [2.45, 2.75) is 38.8 Å². The van der Waals surface area contributed by atoms with Crippen LogP contribution >= 0.6 is 15.9 Å². The SMILES string of the molecule is CCOC(=O)Cn1ncc2c1CCCC2N(c1cnc(Oc2ccc(F)cc2)c(Br)c1)S(=O)O. The van der Waals surface area contributed by atoms with Crippen LogP contribution in [0.5, 0.6) is 11.6 Å². The fourth-order valence-electron chi connectivity index (χ4n) is 3.91. The molecule has 2 atom stereocenters. The second-order valence-corrected chi connectivity index (χ2v) is 9.22. The lowest BCUT2D eigenvalue weighted by atomic mass is 9.92. The van der Waals surface area contributed by atoms with Gasteiger partial charge in [0.2, 0.25) is 5.88 Å². The maximum absolute atomic E-state index is 13.1. The van der Waals surface area contributed by atoms with Gasteiger partial charge >= 0.3 is 5.97 Å². The molecule has 2 aromatic heterocycles. The second-order valence-electron chi connectivity index (χ2n) is 7.51. The Morgan fingerprint density at radius 3 is 2.79 bits per heavy atom. The van der Waals surface area contributed by atoms with Crippen molar-refractivity contribution in [1.29, 1.82) is 0 Å². The fraction of sp³-hybridized carbons (Fsp3) is 0.318. The molecule has 1 aromatic carbocycles. The number of carbonyl (C=O) groups excluding carboxylic acids is 1. The van der Waals surface area contributed by atoms with Gasteiger partial charge in [-0.2, -0.15) is 5.10 Å². The largest absolute Gasteiger partial charge is 0.465 e. The molecule has 1 N–H and O–H groups in total. The number of anilines is 1. The highest BCUT2D eigenvalue weighted by molar-refractivity contribution is 9.10. The topological polar surface area (TPSA) is 107 Å². The monoisotopic (exact) mass is 552 g/mol. The predicted octanol–water partition coefficient (Wildman–Crippen LogP) is 4.56. The number of ether oxygens (including phenoxy) is 2. The minimum atomic E-state index is -2.36. The summed E-state index contributed by atoms with van der Waals surface area (Å²) in [6, 6.07) is 6.70. The van der Waals surface area contributed by atoms with Crippen molar-refractivity contribution in [2.75, 3.05) is 10.9 Å². The van der Waals surface area contributed by atoms with Crippen LogP contribution in [-0.2, 0) is 33.8 Å². The molecule has 34 heavy (non-hydrogen) atoms. The molecule has 0 amide bonds. The van der Waals surface area contributed by atoms with Crippen LogP contribution in [-0.4, -0.2) is 36.1 Å². The summed E-state index contributed by atoms with van der Waals surface area (Å²) in [7, 11) is 0. The van der Waals surface area contributed by atoms with E-state index < -0.39 is 17.3 Å². The van der Waals surface area contributed by atoms with Gasteiger partial charge in [0, 0.05) is 11.3 Å². The van der Waals surface area contributed by atoms with E-state index in [0.29, 0.717) is 28.8 Å². The summed E-state index contributed by atoms with van der Waals surface area (Å²) in [5.41, 5.74) is 2.01. The molecular formula is C22H22BrFN4O5S. The van der Waals surface area contributed by atoms with Crippen molar-refractivity contribution in [3.8, 4) is 11.6 Å². The van der Waals surface area contributed by atoms with Gasteiger partial charge in [0.05, 0.1) is 35.2 Å². The maximum Gasteiger partial charge on any atom is 0.327 e. The van der Waals surface area contributed by atoms with Crippen LogP contribution in [0.4, 0.5) is 10.1 Å². The first-order chi connectivity index (χ1) is 16.4. The van der Waals surface area contributed by atoms with E-state index in [-0.39, 0.29) is 30.8 Å². The molecule has 0 bridgehead atoms. The first-order valence-corrected chi connectivity index (χ1v) is 12.4. The van der Waals surface area contributed by atoms with Crippen molar-refractivity contribution in [2.24, 2.45) is 0 Å². The maximum atomic E-state index is 13.1. The standard InChI is InChI=1S/C22H22BrFN4O5S/c1-2-32-21(29)13-27-19-4-3-5-20(17(19)12-26-27)28(34(30)31)15-10-18(23)22(25-11-15)33-16-8-6-14(24)7-9-16/h6-12,20H,2-5,13H2,1H3,(H,30,31). The number of rotatable bonds is 8. The molecule has 0 saturated heterocycles. The number of aromatic nitrogens is 3. The highest BCUT2D eigenvalue weighted by Gasteiger charge is 2.33. The molecule has 2 heterocycles. The van der Waals surface area contributed by atoms with Crippen molar-refractivity contribution >= 4 is 38.9 Å². The van der Waals surface area contributed by atoms with Gasteiger partial charge in [0.1, 0.15) is 18.1 Å². The molecule has 0 fully saturated rings. The lowest BCUT2D eigenvalue weighted by Gasteiger charge is -2.32. The first kappa shape index (κ1) is 24.3. The van der Waals surface area contributed by atoms with E-state index in [1.807, 2.05) is 0 Å². The summed E-state index contributed by atoms with van der Waals surface area (Å²) >= 11 is 1.04. The van der Waals surface area contributed by atoms with Crippen molar-refractivity contribution < 1.29 is 27.4 Å². The second kappa shape index (κ2) is 10.6. The van der Waals surface area contributed by atoms with Crippen LogP contribution < -0.4 is 9.04 Å². The summed E-state index contributed by atoms with van der Waals surface area (Å²) in [4.78, 5) is 16.2. The van der Waals surface area contributed by atoms with Gasteiger partial charge in [-0.05, 0) is 72.4 Å². The van der Waals surface area contributed by atoms with Gasteiger partial charge in [0.15, 0.2) is 0 Å². The summed E-state index contributed by atoms with van der Waals surface area (Å²) in [5, 5.41) is 4.33. The Morgan fingerprint density at radius 1 is 1.35 bits per heavy atom. The lowest BCUT2D eigenvalue weighted by Crippen LogP contribution is -2.33. The molecule has 0 radical (unpaired) electrons.